The predicted molar refractivity (Wildman–Crippen MR) is 71.2 cm³/mol. The van der Waals surface area contributed by atoms with E-state index in [1.807, 2.05) is 0 Å². The zero-order valence-electron chi connectivity index (χ0n) is 10.8. The maximum atomic E-state index is 12.8. The summed E-state index contributed by atoms with van der Waals surface area (Å²) in [6.07, 6.45) is -4.25. The third kappa shape index (κ3) is 5.63. The molecule has 0 aliphatic carbocycles. The zero-order valence-corrected chi connectivity index (χ0v) is 11.6. The highest BCUT2D eigenvalue weighted by Gasteiger charge is 2.34. The van der Waals surface area contributed by atoms with Gasteiger partial charge in [-0.3, -0.25) is 9.59 Å². The van der Waals surface area contributed by atoms with E-state index < -0.39 is 29.3 Å². The van der Waals surface area contributed by atoms with E-state index in [0.29, 0.717) is 0 Å². The molecule has 0 unspecified atom stereocenters. The van der Waals surface area contributed by atoms with E-state index in [4.69, 9.17) is 16.7 Å². The fourth-order valence-electron chi connectivity index (χ4n) is 1.65. The number of benzene rings is 1. The van der Waals surface area contributed by atoms with Crippen molar-refractivity contribution < 1.29 is 27.9 Å². The van der Waals surface area contributed by atoms with Crippen LogP contribution in [0.3, 0.4) is 0 Å². The minimum Gasteiger partial charge on any atom is -0.481 e. The second-order valence-electron chi connectivity index (χ2n) is 4.31. The van der Waals surface area contributed by atoms with Crippen LogP contribution in [-0.4, -0.2) is 17.0 Å². The van der Waals surface area contributed by atoms with Gasteiger partial charge in [0.15, 0.2) is 0 Å². The van der Waals surface area contributed by atoms with Gasteiger partial charge in [-0.15, -0.1) is 0 Å². The number of carbonyl (C=O) groups is 2. The molecule has 0 fully saturated rings. The molecule has 116 valence electrons. The van der Waals surface area contributed by atoms with Crippen LogP contribution in [0.1, 0.15) is 31.2 Å². The van der Waals surface area contributed by atoms with Crippen molar-refractivity contribution in [2.24, 2.45) is 0 Å². The summed E-state index contributed by atoms with van der Waals surface area (Å²) in [5.74, 6) is -1.63. The first-order valence-corrected chi connectivity index (χ1v) is 6.47. The number of amides is 1. The van der Waals surface area contributed by atoms with Crippen molar-refractivity contribution >= 4 is 29.2 Å². The summed E-state index contributed by atoms with van der Waals surface area (Å²) < 4.78 is 38.4. The van der Waals surface area contributed by atoms with Gasteiger partial charge in [-0.1, -0.05) is 17.7 Å². The van der Waals surface area contributed by atoms with Crippen molar-refractivity contribution in [1.29, 1.82) is 0 Å². The fourth-order valence-corrected chi connectivity index (χ4v) is 1.87. The van der Waals surface area contributed by atoms with Crippen LogP contribution in [0.2, 0.25) is 5.02 Å². The number of para-hydroxylation sites is 1. The van der Waals surface area contributed by atoms with Crippen LogP contribution in [0.25, 0.3) is 0 Å². The van der Waals surface area contributed by atoms with Crippen molar-refractivity contribution in [3.8, 4) is 0 Å². The number of carbonyl (C=O) groups excluding carboxylic acids is 1. The summed E-state index contributed by atoms with van der Waals surface area (Å²) in [5, 5.41) is 10.4. The molecule has 0 radical (unpaired) electrons. The van der Waals surface area contributed by atoms with Gasteiger partial charge in [-0.2, -0.15) is 13.2 Å². The smallest absolute Gasteiger partial charge is 0.418 e. The SMILES string of the molecule is O=C(O)CCCCC(=O)Nc1c(Cl)cccc1C(F)(F)F. The topological polar surface area (TPSA) is 66.4 Å². The van der Waals surface area contributed by atoms with Crippen LogP contribution < -0.4 is 5.32 Å². The van der Waals surface area contributed by atoms with Gasteiger partial charge in [-0.25, -0.2) is 0 Å². The Balaban J connectivity index is 2.70. The average Bonchev–Trinajstić information content (AvgIpc) is 2.35. The second-order valence-corrected chi connectivity index (χ2v) is 4.72. The van der Waals surface area contributed by atoms with Gasteiger partial charge in [0.2, 0.25) is 5.91 Å². The molecule has 0 bridgehead atoms. The Bertz CT molecular complexity index is 532. The van der Waals surface area contributed by atoms with Crippen molar-refractivity contribution in [3.05, 3.63) is 28.8 Å². The van der Waals surface area contributed by atoms with Crippen molar-refractivity contribution in [1.82, 2.24) is 0 Å². The maximum absolute atomic E-state index is 12.8. The predicted octanol–water partition coefficient (Wildman–Crippen LogP) is 3.94. The van der Waals surface area contributed by atoms with Gasteiger partial charge in [0.1, 0.15) is 0 Å². The number of unbranched alkanes of at least 4 members (excludes halogenated alkanes) is 1. The third-order valence-corrected chi connectivity index (χ3v) is 2.94. The van der Waals surface area contributed by atoms with Crippen LogP contribution in [0.15, 0.2) is 18.2 Å². The number of carboxylic acids is 1. The molecule has 0 aliphatic rings. The summed E-state index contributed by atoms with van der Waals surface area (Å²) in [6, 6.07) is 3.22. The number of aliphatic carboxylic acids is 1. The lowest BCUT2D eigenvalue weighted by Gasteiger charge is -2.15. The van der Waals surface area contributed by atoms with Gasteiger partial charge in [0.05, 0.1) is 16.3 Å². The number of anilines is 1. The molecule has 0 spiro atoms. The largest absolute Gasteiger partial charge is 0.481 e. The summed E-state index contributed by atoms with van der Waals surface area (Å²) in [4.78, 5) is 21.9. The molecule has 1 aromatic carbocycles. The van der Waals surface area contributed by atoms with Crippen molar-refractivity contribution in [2.45, 2.75) is 31.9 Å². The van der Waals surface area contributed by atoms with Gasteiger partial charge in [0.25, 0.3) is 0 Å². The number of hydrogen-bond acceptors (Lipinski definition) is 2. The highest BCUT2D eigenvalue weighted by molar-refractivity contribution is 6.34. The molecule has 0 aliphatic heterocycles. The molecule has 0 saturated carbocycles. The van der Waals surface area contributed by atoms with Crippen molar-refractivity contribution in [3.63, 3.8) is 0 Å². The fraction of sp³-hybridized carbons (Fsp3) is 0.385. The quantitative estimate of drug-likeness (QED) is 0.779. The van der Waals surface area contributed by atoms with E-state index >= 15 is 0 Å². The van der Waals surface area contributed by atoms with Gasteiger partial charge < -0.3 is 10.4 Å². The highest BCUT2D eigenvalue weighted by Crippen LogP contribution is 2.38. The molecule has 0 saturated heterocycles. The van der Waals surface area contributed by atoms with Crippen LogP contribution in [-0.2, 0) is 15.8 Å². The lowest BCUT2D eigenvalue weighted by Crippen LogP contribution is -2.16. The average molecular weight is 324 g/mol. The summed E-state index contributed by atoms with van der Waals surface area (Å²) >= 11 is 5.69. The van der Waals surface area contributed by atoms with Crippen LogP contribution in [0, 0.1) is 0 Å². The molecule has 0 heterocycles. The molecule has 4 nitrogen and oxygen atoms in total. The number of alkyl halides is 3. The van der Waals surface area contributed by atoms with Crippen molar-refractivity contribution in [2.75, 3.05) is 5.32 Å². The molecule has 1 aromatic rings. The molecular weight excluding hydrogens is 311 g/mol. The molecule has 2 N–H and O–H groups in total. The Labute approximate surface area is 123 Å². The van der Waals surface area contributed by atoms with Gasteiger partial charge in [-0.05, 0) is 25.0 Å². The normalized spacial score (nSPS) is 11.2. The first-order chi connectivity index (χ1) is 9.71. The maximum Gasteiger partial charge on any atom is 0.418 e. The standard InChI is InChI=1S/C13H13ClF3NO3/c14-9-5-3-4-8(13(15,16)17)12(9)18-10(19)6-1-2-7-11(20)21/h3-5H,1-2,6-7H2,(H,18,19)(H,20,21). The Kier molecular flexibility index (Phi) is 6.02. The Morgan fingerprint density at radius 3 is 2.38 bits per heavy atom. The Morgan fingerprint density at radius 1 is 1.19 bits per heavy atom. The lowest BCUT2D eigenvalue weighted by atomic mass is 10.1. The van der Waals surface area contributed by atoms with E-state index in [1.165, 1.54) is 6.07 Å². The number of hydrogen-bond donors (Lipinski definition) is 2. The van der Waals surface area contributed by atoms with Gasteiger partial charge >= 0.3 is 12.1 Å². The molecule has 8 heteroatoms. The Hall–Kier alpha value is -1.76. The number of rotatable bonds is 6. The molecule has 1 rings (SSSR count). The van der Waals surface area contributed by atoms with Crippen LogP contribution in [0.5, 0.6) is 0 Å². The summed E-state index contributed by atoms with van der Waals surface area (Å²) in [7, 11) is 0. The number of halogens is 4. The minimum absolute atomic E-state index is 0.0736. The molecule has 0 atom stereocenters. The lowest BCUT2D eigenvalue weighted by molar-refractivity contribution is -0.138. The summed E-state index contributed by atoms with van der Waals surface area (Å²) in [6.45, 7) is 0. The third-order valence-electron chi connectivity index (χ3n) is 2.63. The Morgan fingerprint density at radius 2 is 1.81 bits per heavy atom. The second kappa shape index (κ2) is 7.31. The minimum atomic E-state index is -4.63. The first-order valence-electron chi connectivity index (χ1n) is 6.09. The molecule has 0 aromatic heterocycles. The van der Waals surface area contributed by atoms with E-state index in [9.17, 15) is 22.8 Å². The van der Waals surface area contributed by atoms with Gasteiger partial charge in [0, 0.05) is 12.8 Å². The molecular formula is C13H13ClF3NO3. The number of carboxylic acid groups (broad SMARTS) is 1. The number of nitrogens with one attached hydrogen (secondary N) is 1. The van der Waals surface area contributed by atoms with Crippen LogP contribution >= 0.6 is 11.6 Å². The first kappa shape index (κ1) is 17.3. The molecule has 21 heavy (non-hydrogen) atoms. The van der Waals surface area contributed by atoms with Crippen LogP contribution in [0.4, 0.5) is 18.9 Å². The zero-order chi connectivity index (χ0) is 16.0. The monoisotopic (exact) mass is 323 g/mol. The van der Waals surface area contributed by atoms with E-state index in [2.05, 4.69) is 5.32 Å². The van der Waals surface area contributed by atoms with E-state index in [-0.39, 0.29) is 30.7 Å². The molecule has 1 amide bonds. The summed E-state index contributed by atoms with van der Waals surface area (Å²) in [5.41, 5.74) is -1.50. The van der Waals surface area contributed by atoms with E-state index in [0.717, 1.165) is 12.1 Å². The highest BCUT2D eigenvalue weighted by atomic mass is 35.5. The van der Waals surface area contributed by atoms with E-state index in [1.54, 1.807) is 0 Å².